The zero-order chi connectivity index (χ0) is 9.35. The van der Waals surface area contributed by atoms with Gasteiger partial charge in [0.25, 0.3) is 0 Å². The highest BCUT2D eigenvalue weighted by molar-refractivity contribution is 5.81. The van der Waals surface area contributed by atoms with Crippen LogP contribution in [0.2, 0.25) is 0 Å². The van der Waals surface area contributed by atoms with E-state index in [-0.39, 0.29) is 17.9 Å². The number of hydrogen-bond acceptors (Lipinski definition) is 2. The molecule has 1 aliphatic rings. The number of carbonyl (C=O) groups excluding carboxylic acids is 1. The summed E-state index contributed by atoms with van der Waals surface area (Å²) in [5, 5.41) is 12.3. The van der Waals surface area contributed by atoms with Gasteiger partial charge in [-0.1, -0.05) is 0 Å². The van der Waals surface area contributed by atoms with Gasteiger partial charge in [0, 0.05) is 5.92 Å². The van der Waals surface area contributed by atoms with Crippen molar-refractivity contribution in [1.29, 1.82) is 0 Å². The summed E-state index contributed by atoms with van der Waals surface area (Å²) in [6.45, 7) is 5.22. The van der Waals surface area contributed by atoms with Crippen molar-refractivity contribution < 1.29 is 9.90 Å². The van der Waals surface area contributed by atoms with Crippen LogP contribution in [-0.2, 0) is 4.79 Å². The average Bonchev–Trinajstić information content (AvgIpc) is 2.65. The first-order chi connectivity index (χ1) is 5.41. The molecule has 0 aromatic heterocycles. The quantitative estimate of drug-likeness (QED) is 0.655. The molecule has 0 aliphatic heterocycles. The SMILES string of the molecule is CC(NC(=O)C1CC1)C(C)(C)O. The van der Waals surface area contributed by atoms with Crippen molar-refractivity contribution in [1.82, 2.24) is 5.32 Å². The second-order valence-corrected chi connectivity index (χ2v) is 4.16. The molecular formula is C9H17NO2. The topological polar surface area (TPSA) is 49.3 Å². The molecule has 3 nitrogen and oxygen atoms in total. The van der Waals surface area contributed by atoms with Gasteiger partial charge in [0.05, 0.1) is 11.6 Å². The maximum atomic E-state index is 11.2. The fraction of sp³-hybridized carbons (Fsp3) is 0.889. The Morgan fingerprint density at radius 3 is 2.42 bits per heavy atom. The van der Waals surface area contributed by atoms with Gasteiger partial charge in [0.1, 0.15) is 0 Å². The number of hydrogen-bond donors (Lipinski definition) is 2. The van der Waals surface area contributed by atoms with Crippen LogP contribution in [-0.4, -0.2) is 22.7 Å². The molecule has 70 valence electrons. The highest BCUT2D eigenvalue weighted by atomic mass is 16.3. The van der Waals surface area contributed by atoms with E-state index in [1.807, 2.05) is 6.92 Å². The van der Waals surface area contributed by atoms with Crippen molar-refractivity contribution in [2.24, 2.45) is 5.92 Å². The van der Waals surface area contributed by atoms with Crippen LogP contribution in [0.25, 0.3) is 0 Å². The molecule has 0 radical (unpaired) electrons. The van der Waals surface area contributed by atoms with Gasteiger partial charge in [-0.15, -0.1) is 0 Å². The lowest BCUT2D eigenvalue weighted by atomic mass is 10.0. The molecule has 2 N–H and O–H groups in total. The van der Waals surface area contributed by atoms with Gasteiger partial charge >= 0.3 is 0 Å². The highest BCUT2D eigenvalue weighted by Crippen LogP contribution is 2.29. The van der Waals surface area contributed by atoms with Crippen LogP contribution in [0.3, 0.4) is 0 Å². The Kier molecular flexibility index (Phi) is 2.42. The Morgan fingerprint density at radius 1 is 1.58 bits per heavy atom. The third-order valence-corrected chi connectivity index (χ3v) is 2.37. The molecule has 0 heterocycles. The second-order valence-electron chi connectivity index (χ2n) is 4.16. The lowest BCUT2D eigenvalue weighted by Gasteiger charge is -2.26. The van der Waals surface area contributed by atoms with Crippen molar-refractivity contribution >= 4 is 5.91 Å². The lowest BCUT2D eigenvalue weighted by Crippen LogP contribution is -2.47. The van der Waals surface area contributed by atoms with Crippen LogP contribution < -0.4 is 5.32 Å². The van der Waals surface area contributed by atoms with E-state index in [0.717, 1.165) is 12.8 Å². The van der Waals surface area contributed by atoms with Gasteiger partial charge in [-0.3, -0.25) is 4.79 Å². The Bertz CT molecular complexity index is 179. The minimum Gasteiger partial charge on any atom is -0.388 e. The number of nitrogens with one attached hydrogen (secondary N) is 1. The third kappa shape index (κ3) is 2.48. The number of amides is 1. The van der Waals surface area contributed by atoms with Gasteiger partial charge in [-0.25, -0.2) is 0 Å². The molecule has 1 fully saturated rings. The summed E-state index contributed by atoms with van der Waals surface area (Å²) in [5.41, 5.74) is -0.829. The van der Waals surface area contributed by atoms with E-state index < -0.39 is 5.60 Å². The van der Waals surface area contributed by atoms with Crippen molar-refractivity contribution in [2.75, 3.05) is 0 Å². The Balaban J connectivity index is 2.34. The van der Waals surface area contributed by atoms with E-state index in [1.54, 1.807) is 13.8 Å². The van der Waals surface area contributed by atoms with Crippen LogP contribution in [0.5, 0.6) is 0 Å². The van der Waals surface area contributed by atoms with E-state index >= 15 is 0 Å². The minimum atomic E-state index is -0.829. The Morgan fingerprint density at radius 2 is 2.08 bits per heavy atom. The molecular weight excluding hydrogens is 154 g/mol. The summed E-state index contributed by atoms with van der Waals surface area (Å²) in [5.74, 6) is 0.305. The predicted molar refractivity (Wildman–Crippen MR) is 46.6 cm³/mol. The smallest absolute Gasteiger partial charge is 0.223 e. The third-order valence-electron chi connectivity index (χ3n) is 2.37. The van der Waals surface area contributed by atoms with Gasteiger partial charge in [-0.05, 0) is 33.6 Å². The zero-order valence-electron chi connectivity index (χ0n) is 7.92. The maximum Gasteiger partial charge on any atom is 0.223 e. The number of aliphatic hydroxyl groups is 1. The van der Waals surface area contributed by atoms with Gasteiger partial charge in [0.2, 0.25) is 5.91 Å². The van der Waals surface area contributed by atoms with Crippen LogP contribution in [0.15, 0.2) is 0 Å². The fourth-order valence-electron chi connectivity index (χ4n) is 0.853. The molecule has 1 unspecified atom stereocenters. The first-order valence-corrected chi connectivity index (χ1v) is 4.44. The summed E-state index contributed by atoms with van der Waals surface area (Å²) in [7, 11) is 0. The monoisotopic (exact) mass is 171 g/mol. The summed E-state index contributed by atoms with van der Waals surface area (Å²) in [6.07, 6.45) is 2.01. The number of rotatable bonds is 3. The molecule has 1 rings (SSSR count). The largest absolute Gasteiger partial charge is 0.388 e. The summed E-state index contributed by atoms with van der Waals surface area (Å²) >= 11 is 0. The molecule has 1 amide bonds. The molecule has 12 heavy (non-hydrogen) atoms. The van der Waals surface area contributed by atoms with Gasteiger partial charge < -0.3 is 10.4 Å². The highest BCUT2D eigenvalue weighted by Gasteiger charge is 2.32. The fourth-order valence-corrected chi connectivity index (χ4v) is 0.853. The average molecular weight is 171 g/mol. The summed E-state index contributed by atoms with van der Waals surface area (Å²) in [4.78, 5) is 11.2. The molecule has 3 heteroatoms. The molecule has 0 aromatic carbocycles. The van der Waals surface area contributed by atoms with E-state index in [9.17, 15) is 9.90 Å². The summed E-state index contributed by atoms with van der Waals surface area (Å²) < 4.78 is 0. The normalized spacial score (nSPS) is 20.3. The summed E-state index contributed by atoms with van der Waals surface area (Å²) in [6, 6.07) is -0.175. The molecule has 0 bridgehead atoms. The van der Waals surface area contributed by atoms with Crippen LogP contribution in [0.1, 0.15) is 33.6 Å². The van der Waals surface area contributed by atoms with Gasteiger partial charge in [0.15, 0.2) is 0 Å². The predicted octanol–water partition coefficient (Wildman–Crippen LogP) is 0.672. The number of carbonyl (C=O) groups is 1. The van der Waals surface area contributed by atoms with Crippen LogP contribution >= 0.6 is 0 Å². The molecule has 0 saturated heterocycles. The molecule has 1 atom stereocenters. The van der Waals surface area contributed by atoms with Crippen molar-refractivity contribution in [3.63, 3.8) is 0 Å². The maximum absolute atomic E-state index is 11.2. The van der Waals surface area contributed by atoms with Gasteiger partial charge in [-0.2, -0.15) is 0 Å². The standard InChI is InChI=1S/C9H17NO2/c1-6(9(2,3)12)10-8(11)7-4-5-7/h6-7,12H,4-5H2,1-3H3,(H,10,11). The Hall–Kier alpha value is -0.570. The van der Waals surface area contributed by atoms with E-state index in [0.29, 0.717) is 0 Å². The lowest BCUT2D eigenvalue weighted by molar-refractivity contribution is -0.124. The van der Waals surface area contributed by atoms with Crippen molar-refractivity contribution in [3.8, 4) is 0 Å². The van der Waals surface area contributed by atoms with E-state index in [4.69, 9.17) is 0 Å². The molecule has 0 spiro atoms. The van der Waals surface area contributed by atoms with Crippen molar-refractivity contribution in [2.45, 2.75) is 45.3 Å². The van der Waals surface area contributed by atoms with E-state index in [2.05, 4.69) is 5.32 Å². The first kappa shape index (κ1) is 9.52. The van der Waals surface area contributed by atoms with E-state index in [1.165, 1.54) is 0 Å². The second kappa shape index (κ2) is 3.05. The first-order valence-electron chi connectivity index (χ1n) is 4.44. The molecule has 1 aliphatic carbocycles. The molecule has 1 saturated carbocycles. The van der Waals surface area contributed by atoms with Crippen LogP contribution in [0.4, 0.5) is 0 Å². The zero-order valence-corrected chi connectivity index (χ0v) is 7.92. The van der Waals surface area contributed by atoms with Crippen LogP contribution in [0, 0.1) is 5.92 Å². The Labute approximate surface area is 73.2 Å². The molecule has 0 aromatic rings. The minimum absolute atomic E-state index is 0.0876. The van der Waals surface area contributed by atoms with Crippen molar-refractivity contribution in [3.05, 3.63) is 0 Å².